The average molecular weight is 363 g/mol. The SMILES string of the molecule is Oc1c(C(Nc2ccccn2)c2ccccn2)cc(Cl)c2cccnc12. The molecule has 4 aromatic rings. The highest BCUT2D eigenvalue weighted by Crippen LogP contribution is 2.38. The van der Waals surface area contributed by atoms with Crippen molar-refractivity contribution in [2.75, 3.05) is 5.32 Å². The molecule has 0 fully saturated rings. The van der Waals surface area contributed by atoms with Crippen molar-refractivity contribution in [2.24, 2.45) is 0 Å². The third kappa shape index (κ3) is 3.05. The van der Waals surface area contributed by atoms with Gasteiger partial charge in [-0.25, -0.2) is 4.98 Å². The van der Waals surface area contributed by atoms with Gasteiger partial charge in [0.2, 0.25) is 0 Å². The Hall–Kier alpha value is -3.18. The molecule has 3 heterocycles. The van der Waals surface area contributed by atoms with Gasteiger partial charge in [0.25, 0.3) is 0 Å². The first-order chi connectivity index (χ1) is 12.7. The van der Waals surface area contributed by atoms with Crippen molar-refractivity contribution >= 4 is 28.3 Å². The van der Waals surface area contributed by atoms with E-state index in [4.69, 9.17) is 11.6 Å². The van der Waals surface area contributed by atoms with Crippen LogP contribution in [0.4, 0.5) is 5.82 Å². The van der Waals surface area contributed by atoms with Gasteiger partial charge in [0.1, 0.15) is 17.1 Å². The Morgan fingerprint density at radius 2 is 1.65 bits per heavy atom. The Morgan fingerprint density at radius 1 is 0.885 bits per heavy atom. The zero-order valence-corrected chi connectivity index (χ0v) is 14.4. The van der Waals surface area contributed by atoms with E-state index in [0.29, 0.717) is 27.3 Å². The second-order valence-corrected chi connectivity index (χ2v) is 6.15. The largest absolute Gasteiger partial charge is 0.505 e. The molecule has 6 heteroatoms. The molecular formula is C20H15ClN4O. The van der Waals surface area contributed by atoms with Crippen LogP contribution >= 0.6 is 11.6 Å². The fraction of sp³-hybridized carbons (Fsp3) is 0.0500. The highest BCUT2D eigenvalue weighted by Gasteiger charge is 2.22. The standard InChI is InChI=1S/C20H15ClN4O/c21-15-12-14(20(26)19-13(15)6-5-11-24-19)18(16-7-1-3-9-22-16)25-17-8-2-4-10-23-17/h1-12,18,26H,(H,23,25). The summed E-state index contributed by atoms with van der Waals surface area (Å²) < 4.78 is 0. The minimum absolute atomic E-state index is 0.0732. The number of pyridine rings is 3. The Balaban J connectivity index is 1.89. The monoisotopic (exact) mass is 362 g/mol. The molecule has 128 valence electrons. The number of rotatable bonds is 4. The fourth-order valence-corrected chi connectivity index (χ4v) is 3.15. The van der Waals surface area contributed by atoms with Gasteiger partial charge in [0.15, 0.2) is 0 Å². The van der Waals surface area contributed by atoms with E-state index in [9.17, 15) is 5.11 Å². The summed E-state index contributed by atoms with van der Waals surface area (Å²) in [5.74, 6) is 0.740. The van der Waals surface area contributed by atoms with Gasteiger partial charge in [0.05, 0.1) is 16.8 Å². The molecule has 0 aliphatic rings. The van der Waals surface area contributed by atoms with Crippen molar-refractivity contribution in [2.45, 2.75) is 6.04 Å². The third-order valence-electron chi connectivity index (χ3n) is 4.10. The zero-order valence-electron chi connectivity index (χ0n) is 13.7. The van der Waals surface area contributed by atoms with Crippen LogP contribution in [0.5, 0.6) is 5.75 Å². The van der Waals surface area contributed by atoms with Crippen molar-refractivity contribution < 1.29 is 5.11 Å². The predicted octanol–water partition coefficient (Wildman–Crippen LogP) is 4.59. The summed E-state index contributed by atoms with van der Waals surface area (Å²) in [5, 5.41) is 15.4. The van der Waals surface area contributed by atoms with E-state index in [1.54, 1.807) is 30.7 Å². The molecule has 0 saturated carbocycles. The number of aromatic nitrogens is 3. The van der Waals surface area contributed by atoms with Gasteiger partial charge in [-0.1, -0.05) is 23.7 Å². The number of nitrogens with one attached hydrogen (secondary N) is 1. The first-order valence-corrected chi connectivity index (χ1v) is 8.46. The minimum atomic E-state index is -0.435. The quantitative estimate of drug-likeness (QED) is 0.555. The van der Waals surface area contributed by atoms with Gasteiger partial charge in [0, 0.05) is 29.5 Å². The molecule has 0 bridgehead atoms. The number of phenolic OH excluding ortho intramolecular Hbond substituents is 1. The van der Waals surface area contributed by atoms with Crippen LogP contribution in [0.3, 0.4) is 0 Å². The molecule has 1 aromatic carbocycles. The predicted molar refractivity (Wildman–Crippen MR) is 102 cm³/mol. The smallest absolute Gasteiger partial charge is 0.147 e. The molecule has 0 aliphatic heterocycles. The van der Waals surface area contributed by atoms with Crippen LogP contribution in [0.15, 0.2) is 73.2 Å². The fourth-order valence-electron chi connectivity index (χ4n) is 2.88. The van der Waals surface area contributed by atoms with E-state index in [0.717, 1.165) is 5.69 Å². The molecule has 4 rings (SSSR count). The zero-order chi connectivity index (χ0) is 17.9. The maximum Gasteiger partial charge on any atom is 0.147 e. The number of nitrogens with zero attached hydrogens (tertiary/aromatic N) is 3. The summed E-state index contributed by atoms with van der Waals surface area (Å²) in [4.78, 5) is 13.0. The summed E-state index contributed by atoms with van der Waals surface area (Å²) >= 11 is 6.45. The molecule has 1 unspecified atom stereocenters. The van der Waals surface area contributed by atoms with Gasteiger partial charge in [-0.3, -0.25) is 9.97 Å². The average Bonchev–Trinajstić information content (AvgIpc) is 2.71. The van der Waals surface area contributed by atoms with Crippen molar-refractivity contribution in [3.8, 4) is 5.75 Å². The first kappa shape index (κ1) is 16.3. The van der Waals surface area contributed by atoms with Crippen molar-refractivity contribution in [1.29, 1.82) is 0 Å². The van der Waals surface area contributed by atoms with Crippen LogP contribution in [-0.4, -0.2) is 20.1 Å². The van der Waals surface area contributed by atoms with Crippen LogP contribution in [-0.2, 0) is 0 Å². The van der Waals surface area contributed by atoms with Crippen LogP contribution < -0.4 is 5.32 Å². The van der Waals surface area contributed by atoms with Gasteiger partial charge in [-0.2, -0.15) is 0 Å². The molecule has 5 nitrogen and oxygen atoms in total. The first-order valence-electron chi connectivity index (χ1n) is 8.08. The van der Waals surface area contributed by atoms with E-state index in [2.05, 4.69) is 20.3 Å². The van der Waals surface area contributed by atoms with Crippen LogP contribution in [0.2, 0.25) is 5.02 Å². The van der Waals surface area contributed by atoms with Crippen molar-refractivity contribution in [3.63, 3.8) is 0 Å². The summed E-state index contributed by atoms with van der Waals surface area (Å²) in [6.07, 6.45) is 5.04. The molecule has 0 aliphatic carbocycles. The lowest BCUT2D eigenvalue weighted by Crippen LogP contribution is -2.15. The van der Waals surface area contributed by atoms with Crippen molar-refractivity contribution in [1.82, 2.24) is 15.0 Å². The number of aromatic hydroxyl groups is 1. The molecular weight excluding hydrogens is 348 g/mol. The number of hydrogen-bond acceptors (Lipinski definition) is 5. The lowest BCUT2D eigenvalue weighted by Gasteiger charge is -2.21. The maximum atomic E-state index is 10.9. The number of phenols is 1. The number of hydrogen-bond donors (Lipinski definition) is 2. The second-order valence-electron chi connectivity index (χ2n) is 5.74. The number of benzene rings is 1. The maximum absolute atomic E-state index is 10.9. The van der Waals surface area contributed by atoms with E-state index in [1.807, 2.05) is 42.5 Å². The molecule has 0 radical (unpaired) electrons. The Labute approximate surface area is 155 Å². The summed E-state index contributed by atoms with van der Waals surface area (Å²) in [7, 11) is 0. The number of anilines is 1. The van der Waals surface area contributed by atoms with Crippen molar-refractivity contribution in [3.05, 3.63) is 89.5 Å². The van der Waals surface area contributed by atoms with E-state index < -0.39 is 6.04 Å². The number of fused-ring (bicyclic) bond motifs is 1. The molecule has 2 N–H and O–H groups in total. The molecule has 0 spiro atoms. The van der Waals surface area contributed by atoms with Gasteiger partial charge in [-0.15, -0.1) is 0 Å². The summed E-state index contributed by atoms with van der Waals surface area (Å²) in [6, 6.07) is 16.1. The topological polar surface area (TPSA) is 70.9 Å². The lowest BCUT2D eigenvalue weighted by molar-refractivity contribution is 0.471. The van der Waals surface area contributed by atoms with Crippen LogP contribution in [0, 0.1) is 0 Å². The Bertz CT molecular complexity index is 1040. The van der Waals surface area contributed by atoms with E-state index >= 15 is 0 Å². The van der Waals surface area contributed by atoms with Gasteiger partial charge >= 0.3 is 0 Å². The molecule has 0 amide bonds. The Kier molecular flexibility index (Phi) is 4.37. The second kappa shape index (κ2) is 6.98. The van der Waals surface area contributed by atoms with Gasteiger partial charge < -0.3 is 10.4 Å². The lowest BCUT2D eigenvalue weighted by atomic mass is 9.99. The molecule has 0 saturated heterocycles. The molecule has 26 heavy (non-hydrogen) atoms. The minimum Gasteiger partial charge on any atom is -0.505 e. The Morgan fingerprint density at radius 3 is 2.38 bits per heavy atom. The molecule has 3 aromatic heterocycles. The number of halogens is 1. The normalized spacial score (nSPS) is 12.0. The molecule has 1 atom stereocenters. The third-order valence-corrected chi connectivity index (χ3v) is 4.41. The van der Waals surface area contributed by atoms with Crippen LogP contribution in [0.1, 0.15) is 17.3 Å². The summed E-state index contributed by atoms with van der Waals surface area (Å²) in [5.41, 5.74) is 1.78. The summed E-state index contributed by atoms with van der Waals surface area (Å²) in [6.45, 7) is 0. The van der Waals surface area contributed by atoms with E-state index in [1.165, 1.54) is 0 Å². The van der Waals surface area contributed by atoms with Crippen LogP contribution in [0.25, 0.3) is 10.9 Å². The van der Waals surface area contributed by atoms with Gasteiger partial charge in [-0.05, 0) is 42.5 Å². The van der Waals surface area contributed by atoms with E-state index in [-0.39, 0.29) is 5.75 Å². The highest BCUT2D eigenvalue weighted by molar-refractivity contribution is 6.35. The highest BCUT2D eigenvalue weighted by atomic mass is 35.5.